The molecule has 0 spiro atoms. The summed E-state index contributed by atoms with van der Waals surface area (Å²) in [5, 5.41) is 3.02. The van der Waals surface area contributed by atoms with Crippen LogP contribution in [0.15, 0.2) is 24.3 Å². The molecule has 0 radical (unpaired) electrons. The van der Waals surface area contributed by atoms with Crippen LogP contribution in [0.1, 0.15) is 35.7 Å². The first kappa shape index (κ1) is 15.7. The van der Waals surface area contributed by atoms with E-state index in [-0.39, 0.29) is 17.2 Å². The number of carbonyl (C=O) groups excluding carboxylic acids is 2. The highest BCUT2D eigenvalue weighted by Gasteiger charge is 2.06. The Balaban J connectivity index is 2.46. The topological polar surface area (TPSA) is 55.4 Å². The molecular formula is C14H18BrNO3. The van der Waals surface area contributed by atoms with Gasteiger partial charge in [0.1, 0.15) is 0 Å². The predicted molar refractivity (Wildman–Crippen MR) is 77.3 cm³/mol. The van der Waals surface area contributed by atoms with E-state index in [0.717, 1.165) is 18.4 Å². The van der Waals surface area contributed by atoms with Gasteiger partial charge in [0.15, 0.2) is 0 Å². The summed E-state index contributed by atoms with van der Waals surface area (Å²) in [6.07, 6.45) is 1.88. The minimum absolute atomic E-state index is 0.0666. The Morgan fingerprint density at radius 1 is 1.26 bits per heavy atom. The number of unbranched alkanes of at least 4 members (excludes halogenated alkanes) is 1. The smallest absolute Gasteiger partial charge is 0.338 e. The van der Waals surface area contributed by atoms with Crippen molar-refractivity contribution < 1.29 is 14.3 Å². The summed E-state index contributed by atoms with van der Waals surface area (Å²) in [6.45, 7) is 2.96. The summed E-state index contributed by atoms with van der Waals surface area (Å²) >= 11 is 3.08. The third-order valence-electron chi connectivity index (χ3n) is 2.53. The van der Waals surface area contributed by atoms with E-state index in [4.69, 9.17) is 4.74 Å². The third-order valence-corrected chi connectivity index (χ3v) is 3.04. The van der Waals surface area contributed by atoms with Crippen molar-refractivity contribution in [2.75, 3.05) is 11.9 Å². The van der Waals surface area contributed by atoms with E-state index in [9.17, 15) is 9.59 Å². The molecule has 1 rings (SSSR count). The fourth-order valence-electron chi connectivity index (χ4n) is 1.40. The summed E-state index contributed by atoms with van der Waals surface area (Å²) < 4.78 is 5.11. The molecule has 0 aliphatic heterocycles. The fourth-order valence-corrected chi connectivity index (χ4v) is 1.60. The van der Waals surface area contributed by atoms with E-state index in [1.807, 2.05) is 19.1 Å². The van der Waals surface area contributed by atoms with Crippen molar-refractivity contribution in [3.8, 4) is 0 Å². The third kappa shape index (κ3) is 5.87. The van der Waals surface area contributed by atoms with E-state index >= 15 is 0 Å². The molecule has 1 N–H and O–H groups in total. The quantitative estimate of drug-likeness (QED) is 0.476. The van der Waals surface area contributed by atoms with Crippen LogP contribution >= 0.6 is 15.9 Å². The zero-order chi connectivity index (χ0) is 14.1. The number of amides is 1. The van der Waals surface area contributed by atoms with Crippen LogP contribution in [0.3, 0.4) is 0 Å². The molecule has 0 aromatic heterocycles. The van der Waals surface area contributed by atoms with Crippen LogP contribution in [0.2, 0.25) is 0 Å². The number of hydrogen-bond donors (Lipinski definition) is 1. The van der Waals surface area contributed by atoms with Gasteiger partial charge in [0.2, 0.25) is 5.91 Å². The number of benzene rings is 1. The number of ether oxygens (including phenoxy) is 1. The van der Waals surface area contributed by atoms with Gasteiger partial charge in [-0.2, -0.15) is 0 Å². The number of hydrogen-bond acceptors (Lipinski definition) is 3. The summed E-state index contributed by atoms with van der Waals surface area (Å²) in [5.74, 6) is -0.368. The maximum atomic E-state index is 11.6. The van der Waals surface area contributed by atoms with Crippen LogP contribution < -0.4 is 5.32 Å². The molecular weight excluding hydrogens is 310 g/mol. The molecule has 4 nitrogen and oxygen atoms in total. The van der Waals surface area contributed by atoms with Gasteiger partial charge in [-0.05, 0) is 24.1 Å². The Morgan fingerprint density at radius 3 is 2.53 bits per heavy atom. The monoisotopic (exact) mass is 327 g/mol. The highest BCUT2D eigenvalue weighted by molar-refractivity contribution is 9.09. The van der Waals surface area contributed by atoms with E-state index < -0.39 is 0 Å². The normalized spacial score (nSPS) is 10.0. The lowest BCUT2D eigenvalue weighted by Gasteiger charge is -2.06. The Bertz CT molecular complexity index is 417. The van der Waals surface area contributed by atoms with E-state index in [1.54, 1.807) is 12.1 Å². The molecule has 5 heteroatoms. The maximum absolute atomic E-state index is 11.6. The predicted octanol–water partition coefficient (Wildman–Crippen LogP) is 2.65. The van der Waals surface area contributed by atoms with E-state index in [2.05, 4.69) is 21.2 Å². The zero-order valence-electron chi connectivity index (χ0n) is 10.9. The molecule has 0 saturated carbocycles. The maximum Gasteiger partial charge on any atom is 0.338 e. The first-order valence-electron chi connectivity index (χ1n) is 6.26. The summed E-state index contributed by atoms with van der Waals surface area (Å²) in [7, 11) is 0. The number of halogens is 1. The second-order valence-electron chi connectivity index (χ2n) is 4.10. The van der Waals surface area contributed by atoms with Crippen molar-refractivity contribution in [2.24, 2.45) is 0 Å². The van der Waals surface area contributed by atoms with Gasteiger partial charge in [0.05, 0.1) is 17.5 Å². The van der Waals surface area contributed by atoms with Gasteiger partial charge in [-0.3, -0.25) is 4.79 Å². The molecule has 0 unspecified atom stereocenters. The molecule has 0 atom stereocenters. The Labute approximate surface area is 121 Å². The van der Waals surface area contributed by atoms with Gasteiger partial charge in [0.25, 0.3) is 0 Å². The van der Waals surface area contributed by atoms with Crippen molar-refractivity contribution in [3.05, 3.63) is 35.4 Å². The number of nitrogens with one attached hydrogen (secondary N) is 1. The van der Waals surface area contributed by atoms with Gasteiger partial charge < -0.3 is 10.1 Å². The molecule has 1 aromatic rings. The van der Waals surface area contributed by atoms with Gasteiger partial charge >= 0.3 is 5.97 Å². The average molecular weight is 328 g/mol. The molecule has 0 fully saturated rings. The van der Waals surface area contributed by atoms with Crippen LogP contribution in [0.4, 0.5) is 0 Å². The largest absolute Gasteiger partial charge is 0.462 e. The number of esters is 1. The first-order chi connectivity index (χ1) is 9.17. The average Bonchev–Trinajstić information content (AvgIpc) is 2.45. The molecule has 19 heavy (non-hydrogen) atoms. The van der Waals surface area contributed by atoms with Crippen LogP contribution in [-0.4, -0.2) is 23.8 Å². The summed E-state index contributed by atoms with van der Waals surface area (Å²) in [5.41, 5.74) is 1.48. The molecule has 1 aromatic carbocycles. The van der Waals surface area contributed by atoms with Crippen molar-refractivity contribution >= 4 is 27.8 Å². The first-order valence-corrected chi connectivity index (χ1v) is 7.38. The number of alkyl halides is 1. The molecule has 1 amide bonds. The van der Waals surface area contributed by atoms with Crippen molar-refractivity contribution in [2.45, 2.75) is 26.3 Å². The SMILES string of the molecule is CCCCOC(=O)c1ccc(CNC(=O)CBr)cc1. The zero-order valence-corrected chi connectivity index (χ0v) is 12.5. The van der Waals surface area contributed by atoms with Gasteiger partial charge in [-0.15, -0.1) is 0 Å². The van der Waals surface area contributed by atoms with Crippen LogP contribution in [0, 0.1) is 0 Å². The lowest BCUT2D eigenvalue weighted by atomic mass is 10.1. The molecule has 0 heterocycles. The standard InChI is InChI=1S/C14H18BrNO3/c1-2-3-8-19-14(18)12-6-4-11(5-7-12)10-16-13(17)9-15/h4-7H,2-3,8-10H2,1H3,(H,16,17). The van der Waals surface area contributed by atoms with Gasteiger partial charge in [-0.1, -0.05) is 41.4 Å². The molecule has 104 valence electrons. The van der Waals surface area contributed by atoms with Crippen molar-refractivity contribution in [1.82, 2.24) is 5.32 Å². The summed E-state index contributed by atoms with van der Waals surface area (Å²) in [4.78, 5) is 22.7. The highest BCUT2D eigenvalue weighted by Crippen LogP contribution is 2.06. The van der Waals surface area contributed by atoms with Crippen molar-refractivity contribution in [3.63, 3.8) is 0 Å². The molecule has 0 saturated heterocycles. The second-order valence-corrected chi connectivity index (χ2v) is 4.66. The molecule has 0 aliphatic rings. The Hall–Kier alpha value is -1.36. The van der Waals surface area contributed by atoms with Gasteiger partial charge in [0, 0.05) is 6.54 Å². The second kappa shape index (κ2) is 8.69. The lowest BCUT2D eigenvalue weighted by molar-refractivity contribution is -0.118. The fraction of sp³-hybridized carbons (Fsp3) is 0.429. The van der Waals surface area contributed by atoms with E-state index in [0.29, 0.717) is 18.7 Å². The number of rotatable bonds is 7. The molecule has 0 aliphatic carbocycles. The Kier molecular flexibility index (Phi) is 7.18. The van der Waals surface area contributed by atoms with Crippen molar-refractivity contribution in [1.29, 1.82) is 0 Å². The van der Waals surface area contributed by atoms with Crippen LogP contribution in [0.25, 0.3) is 0 Å². The highest BCUT2D eigenvalue weighted by atomic mass is 79.9. The molecule has 0 bridgehead atoms. The number of carbonyl (C=O) groups is 2. The van der Waals surface area contributed by atoms with Gasteiger partial charge in [-0.25, -0.2) is 4.79 Å². The minimum Gasteiger partial charge on any atom is -0.462 e. The van der Waals surface area contributed by atoms with E-state index in [1.165, 1.54) is 0 Å². The lowest BCUT2D eigenvalue weighted by Crippen LogP contribution is -2.23. The van der Waals surface area contributed by atoms with Crippen LogP contribution in [0.5, 0.6) is 0 Å². The minimum atomic E-state index is -0.301. The Morgan fingerprint density at radius 2 is 1.95 bits per heavy atom. The summed E-state index contributed by atoms with van der Waals surface area (Å²) in [6, 6.07) is 7.05. The van der Waals surface area contributed by atoms with Crippen LogP contribution in [-0.2, 0) is 16.1 Å².